The van der Waals surface area contributed by atoms with Crippen LogP contribution in [-0.2, 0) is 4.79 Å². The number of likely N-dealkylation sites (N-methyl/N-ethyl adjacent to an activating group) is 1. The Bertz CT molecular complexity index is 283. The number of nitrogens with one attached hydrogen (secondary N) is 1. The number of rotatable bonds is 6. The molecule has 1 N–H and O–H groups in total. The van der Waals surface area contributed by atoms with Crippen LogP contribution >= 0.6 is 0 Å². The Morgan fingerprint density at radius 3 is 2.50 bits per heavy atom. The van der Waals surface area contributed by atoms with Crippen molar-refractivity contribution in [1.29, 1.82) is 0 Å². The van der Waals surface area contributed by atoms with Crippen LogP contribution in [-0.4, -0.2) is 61.5 Å². The van der Waals surface area contributed by atoms with Crippen LogP contribution in [0.5, 0.6) is 0 Å². The Hall–Kier alpha value is -0.610. The molecule has 1 amide bonds. The van der Waals surface area contributed by atoms with E-state index in [4.69, 9.17) is 0 Å². The molecule has 0 bridgehead atoms. The molecule has 0 radical (unpaired) electrons. The van der Waals surface area contributed by atoms with Crippen molar-refractivity contribution in [2.24, 2.45) is 5.92 Å². The van der Waals surface area contributed by atoms with Crippen LogP contribution in [0.25, 0.3) is 0 Å². The molecule has 2 aliphatic rings. The number of nitrogens with zero attached hydrogens (tertiary/aromatic N) is 2. The van der Waals surface area contributed by atoms with Gasteiger partial charge in [0.1, 0.15) is 0 Å². The predicted octanol–water partition coefficient (Wildman–Crippen LogP) is 0.927. The second-order valence-electron chi connectivity index (χ2n) is 6.10. The summed E-state index contributed by atoms with van der Waals surface area (Å²) in [6.45, 7) is 5.31. The zero-order valence-corrected chi connectivity index (χ0v) is 12.0. The number of carbonyl (C=O) groups excluding carboxylic acids is 1. The van der Waals surface area contributed by atoms with Crippen molar-refractivity contribution in [3.63, 3.8) is 0 Å². The molecule has 2 fully saturated rings. The lowest BCUT2D eigenvalue weighted by molar-refractivity contribution is -0.134. The van der Waals surface area contributed by atoms with E-state index in [0.717, 1.165) is 25.6 Å². The van der Waals surface area contributed by atoms with E-state index < -0.39 is 0 Å². The van der Waals surface area contributed by atoms with Crippen molar-refractivity contribution in [3.8, 4) is 0 Å². The van der Waals surface area contributed by atoms with Crippen LogP contribution < -0.4 is 5.32 Å². The zero-order chi connectivity index (χ0) is 13.1. The topological polar surface area (TPSA) is 35.6 Å². The minimum atomic E-state index is 0.0167. The predicted molar refractivity (Wildman–Crippen MR) is 73.5 cm³/mol. The maximum absolute atomic E-state index is 12.1. The van der Waals surface area contributed by atoms with E-state index in [9.17, 15) is 4.79 Å². The molecule has 4 nitrogen and oxygen atoms in total. The van der Waals surface area contributed by atoms with E-state index in [0.29, 0.717) is 6.04 Å². The van der Waals surface area contributed by atoms with E-state index in [1.54, 1.807) is 4.90 Å². The fraction of sp³-hybridized carbons (Fsp3) is 0.929. The van der Waals surface area contributed by atoms with Crippen LogP contribution in [0.3, 0.4) is 0 Å². The van der Waals surface area contributed by atoms with Gasteiger partial charge in [0.05, 0.1) is 6.04 Å². The van der Waals surface area contributed by atoms with Gasteiger partial charge in [-0.05, 0) is 45.1 Å². The highest BCUT2D eigenvalue weighted by Gasteiger charge is 2.31. The van der Waals surface area contributed by atoms with E-state index in [-0.39, 0.29) is 11.9 Å². The third-order valence-electron chi connectivity index (χ3n) is 4.15. The van der Waals surface area contributed by atoms with Crippen molar-refractivity contribution in [2.45, 2.75) is 44.7 Å². The van der Waals surface area contributed by atoms with Crippen molar-refractivity contribution >= 4 is 5.91 Å². The maximum Gasteiger partial charge on any atom is 0.239 e. The largest absolute Gasteiger partial charge is 0.347 e. The Morgan fingerprint density at radius 1 is 1.28 bits per heavy atom. The SMILES string of the molecule is CC(C(=O)N(C)C)N(CC1CC1)CC1CCCN1. The van der Waals surface area contributed by atoms with Crippen LogP contribution in [0.4, 0.5) is 0 Å². The Kier molecular flexibility index (Phi) is 4.62. The van der Waals surface area contributed by atoms with Crippen LogP contribution in [0, 0.1) is 5.92 Å². The highest BCUT2D eigenvalue weighted by atomic mass is 16.2. The second kappa shape index (κ2) is 6.02. The van der Waals surface area contributed by atoms with Gasteiger partial charge in [0, 0.05) is 33.2 Å². The number of amides is 1. The minimum absolute atomic E-state index is 0.0167. The summed E-state index contributed by atoms with van der Waals surface area (Å²) in [4.78, 5) is 16.2. The van der Waals surface area contributed by atoms with Gasteiger partial charge in [0.2, 0.25) is 5.91 Å². The molecule has 1 aliphatic carbocycles. The van der Waals surface area contributed by atoms with Gasteiger partial charge in [0.25, 0.3) is 0 Å². The van der Waals surface area contributed by atoms with E-state index in [1.165, 1.54) is 25.7 Å². The highest BCUT2D eigenvalue weighted by molar-refractivity contribution is 5.80. The average molecular weight is 253 g/mol. The monoisotopic (exact) mass is 253 g/mol. The van der Waals surface area contributed by atoms with Crippen LogP contribution in [0.15, 0.2) is 0 Å². The van der Waals surface area contributed by atoms with Gasteiger partial charge >= 0.3 is 0 Å². The quantitative estimate of drug-likeness (QED) is 0.765. The van der Waals surface area contributed by atoms with Crippen molar-refractivity contribution in [1.82, 2.24) is 15.1 Å². The minimum Gasteiger partial charge on any atom is -0.347 e. The molecule has 18 heavy (non-hydrogen) atoms. The van der Waals surface area contributed by atoms with E-state index in [2.05, 4.69) is 17.1 Å². The summed E-state index contributed by atoms with van der Waals surface area (Å²) >= 11 is 0. The molecule has 1 saturated carbocycles. The molecular formula is C14H27N3O. The Balaban J connectivity index is 1.91. The summed E-state index contributed by atoms with van der Waals surface area (Å²) in [5.41, 5.74) is 0. The number of hydrogen-bond acceptors (Lipinski definition) is 3. The first-order valence-electron chi connectivity index (χ1n) is 7.26. The fourth-order valence-electron chi connectivity index (χ4n) is 2.75. The first kappa shape index (κ1) is 13.8. The molecule has 2 rings (SSSR count). The molecule has 1 saturated heterocycles. The molecule has 0 spiro atoms. The molecule has 104 valence electrons. The van der Waals surface area contributed by atoms with Crippen LogP contribution in [0.1, 0.15) is 32.6 Å². The molecule has 1 aliphatic heterocycles. The van der Waals surface area contributed by atoms with Gasteiger partial charge in [0.15, 0.2) is 0 Å². The van der Waals surface area contributed by atoms with E-state index >= 15 is 0 Å². The smallest absolute Gasteiger partial charge is 0.239 e. The first-order chi connectivity index (χ1) is 8.58. The molecule has 0 aromatic carbocycles. The van der Waals surface area contributed by atoms with Crippen LogP contribution in [0.2, 0.25) is 0 Å². The lowest BCUT2D eigenvalue weighted by atomic mass is 10.1. The summed E-state index contributed by atoms with van der Waals surface area (Å²) in [6.07, 6.45) is 5.22. The van der Waals surface area contributed by atoms with E-state index in [1.807, 2.05) is 14.1 Å². The standard InChI is InChI=1S/C14H27N3O/c1-11(14(18)16(2)3)17(9-12-6-7-12)10-13-5-4-8-15-13/h11-13,15H,4-10H2,1-3H3. The van der Waals surface area contributed by atoms with Crippen molar-refractivity contribution in [3.05, 3.63) is 0 Å². The lowest BCUT2D eigenvalue weighted by Gasteiger charge is -2.32. The summed E-state index contributed by atoms with van der Waals surface area (Å²) in [7, 11) is 3.70. The molecule has 1 heterocycles. The third-order valence-corrected chi connectivity index (χ3v) is 4.15. The molecule has 2 atom stereocenters. The molecule has 0 aromatic rings. The van der Waals surface area contributed by atoms with Gasteiger partial charge in [-0.3, -0.25) is 9.69 Å². The highest BCUT2D eigenvalue weighted by Crippen LogP contribution is 2.30. The molecular weight excluding hydrogens is 226 g/mol. The number of hydrogen-bond donors (Lipinski definition) is 1. The molecule has 4 heteroatoms. The summed E-state index contributed by atoms with van der Waals surface area (Å²) in [5, 5.41) is 3.54. The molecule has 0 aromatic heterocycles. The number of carbonyl (C=O) groups is 1. The summed E-state index contributed by atoms with van der Waals surface area (Å²) in [6, 6.07) is 0.601. The fourth-order valence-corrected chi connectivity index (χ4v) is 2.75. The maximum atomic E-state index is 12.1. The molecule has 2 unspecified atom stereocenters. The van der Waals surface area contributed by atoms with Crippen molar-refractivity contribution in [2.75, 3.05) is 33.7 Å². The van der Waals surface area contributed by atoms with Gasteiger partial charge in [-0.1, -0.05) is 0 Å². The van der Waals surface area contributed by atoms with Gasteiger partial charge in [-0.25, -0.2) is 0 Å². The summed E-state index contributed by atoms with van der Waals surface area (Å²) in [5.74, 6) is 1.07. The second-order valence-corrected chi connectivity index (χ2v) is 6.10. The van der Waals surface area contributed by atoms with Gasteiger partial charge in [-0.15, -0.1) is 0 Å². The first-order valence-corrected chi connectivity index (χ1v) is 7.26. The van der Waals surface area contributed by atoms with Gasteiger partial charge < -0.3 is 10.2 Å². The van der Waals surface area contributed by atoms with Gasteiger partial charge in [-0.2, -0.15) is 0 Å². The Morgan fingerprint density at radius 2 is 2.00 bits per heavy atom. The zero-order valence-electron chi connectivity index (χ0n) is 12.0. The summed E-state index contributed by atoms with van der Waals surface area (Å²) < 4.78 is 0. The normalized spacial score (nSPS) is 25.4. The van der Waals surface area contributed by atoms with Crippen molar-refractivity contribution < 1.29 is 4.79 Å². The lowest BCUT2D eigenvalue weighted by Crippen LogP contribution is -2.49. The third kappa shape index (κ3) is 3.69. The average Bonchev–Trinajstić information content (AvgIpc) is 3.00. The Labute approximate surface area is 111 Å².